The van der Waals surface area contributed by atoms with Gasteiger partial charge in [0.05, 0.1) is 6.04 Å². The van der Waals surface area contributed by atoms with E-state index in [0.29, 0.717) is 32.4 Å². The summed E-state index contributed by atoms with van der Waals surface area (Å²) in [5.74, 6) is -2.55. The molecule has 0 saturated carbocycles. The van der Waals surface area contributed by atoms with Crippen LogP contribution in [0.1, 0.15) is 44.1 Å². The molecule has 32 heavy (non-hydrogen) atoms. The molecule has 2 atom stereocenters. The molecule has 0 aromatic heterocycles. The highest BCUT2D eigenvalue weighted by atomic mass is 16.2. The Morgan fingerprint density at radius 1 is 1.03 bits per heavy atom. The molecule has 1 aliphatic rings. The molecule has 10 heteroatoms. The number of ketones is 1. The van der Waals surface area contributed by atoms with Crippen LogP contribution in [0.15, 0.2) is 30.3 Å². The smallest absolute Gasteiger partial charge is 0.290 e. The minimum atomic E-state index is -1.01. The van der Waals surface area contributed by atoms with Crippen molar-refractivity contribution in [1.29, 1.82) is 5.41 Å². The van der Waals surface area contributed by atoms with E-state index in [-0.39, 0.29) is 37.0 Å². The molecule has 0 aliphatic carbocycles. The van der Waals surface area contributed by atoms with Gasteiger partial charge in [-0.3, -0.25) is 24.6 Å². The molecule has 0 spiro atoms. The monoisotopic (exact) mass is 444 g/mol. The van der Waals surface area contributed by atoms with Gasteiger partial charge in [-0.1, -0.05) is 36.8 Å². The number of carbonyl (C=O) groups is 4. The van der Waals surface area contributed by atoms with E-state index in [9.17, 15) is 19.2 Å². The van der Waals surface area contributed by atoms with Gasteiger partial charge in [0.1, 0.15) is 6.04 Å². The summed E-state index contributed by atoms with van der Waals surface area (Å²) in [6.07, 6.45) is 3.18. The number of hydrogen-bond donors (Lipinski definition) is 6. The number of carbonyl (C=O) groups excluding carboxylic acids is 4. The van der Waals surface area contributed by atoms with Crippen molar-refractivity contribution < 1.29 is 19.2 Å². The molecule has 2 unspecified atom stereocenters. The second kappa shape index (κ2) is 13.1. The van der Waals surface area contributed by atoms with Gasteiger partial charge in [0.2, 0.25) is 17.6 Å². The Balaban J connectivity index is 2.14. The maximum absolute atomic E-state index is 12.8. The van der Waals surface area contributed by atoms with Crippen molar-refractivity contribution in [2.75, 3.05) is 13.1 Å². The van der Waals surface area contributed by atoms with E-state index in [1.807, 2.05) is 30.3 Å². The lowest BCUT2D eigenvalue weighted by atomic mass is 10.0. The van der Waals surface area contributed by atoms with E-state index < -0.39 is 23.8 Å². The van der Waals surface area contributed by atoms with E-state index >= 15 is 0 Å². The standard InChI is InChI=1S/C22H32N6O4/c23-22(24)26-13-7-10-16-19(30)21(32)28-17(14-15-8-3-1-4-9-15)20(31)25-12-6-2-5-11-18(29)27-16/h1,3-4,8-9,16-17H,2,5-7,10-14H2,(H,25,31)(H,27,29)(H,28,32)(H4,23,24,26). The summed E-state index contributed by atoms with van der Waals surface area (Å²) in [6.45, 7) is 0.761. The normalized spacial score (nSPS) is 21.0. The van der Waals surface area contributed by atoms with Gasteiger partial charge in [0.15, 0.2) is 5.96 Å². The fraction of sp³-hybridized carbons (Fsp3) is 0.500. The van der Waals surface area contributed by atoms with Gasteiger partial charge in [0.25, 0.3) is 5.91 Å². The zero-order valence-corrected chi connectivity index (χ0v) is 18.1. The molecular formula is C22H32N6O4. The summed E-state index contributed by atoms with van der Waals surface area (Å²) in [4.78, 5) is 50.6. The molecule has 2 rings (SSSR count). The van der Waals surface area contributed by atoms with Crippen LogP contribution in [0.5, 0.6) is 0 Å². The predicted octanol–water partition coefficient (Wildman–Crippen LogP) is -0.279. The largest absolute Gasteiger partial charge is 0.370 e. The first-order valence-corrected chi connectivity index (χ1v) is 10.9. The number of nitrogens with two attached hydrogens (primary N) is 1. The van der Waals surface area contributed by atoms with Gasteiger partial charge >= 0.3 is 0 Å². The molecule has 1 heterocycles. The molecule has 3 amide bonds. The first-order chi connectivity index (χ1) is 15.4. The Morgan fingerprint density at radius 3 is 2.50 bits per heavy atom. The van der Waals surface area contributed by atoms with Crippen molar-refractivity contribution in [2.45, 2.75) is 57.0 Å². The minimum absolute atomic E-state index is 0.195. The van der Waals surface area contributed by atoms with E-state index in [1.54, 1.807) is 0 Å². The van der Waals surface area contributed by atoms with Gasteiger partial charge in [-0.25, -0.2) is 0 Å². The van der Waals surface area contributed by atoms with E-state index in [0.717, 1.165) is 12.0 Å². The van der Waals surface area contributed by atoms with Crippen molar-refractivity contribution in [3.05, 3.63) is 35.9 Å². The van der Waals surface area contributed by atoms with Crippen molar-refractivity contribution in [3.63, 3.8) is 0 Å². The Hall–Kier alpha value is -3.43. The van der Waals surface area contributed by atoms with Gasteiger partial charge in [-0.15, -0.1) is 0 Å². The number of guanidine groups is 1. The van der Waals surface area contributed by atoms with E-state index in [1.165, 1.54) is 0 Å². The fourth-order valence-corrected chi connectivity index (χ4v) is 3.43. The van der Waals surface area contributed by atoms with Crippen LogP contribution in [0, 0.1) is 5.41 Å². The first-order valence-electron chi connectivity index (χ1n) is 10.9. The maximum atomic E-state index is 12.8. The summed E-state index contributed by atoms with van der Waals surface area (Å²) in [5.41, 5.74) is 6.10. The van der Waals surface area contributed by atoms with Crippen LogP contribution in [-0.4, -0.2) is 54.6 Å². The second-order valence-electron chi connectivity index (χ2n) is 7.78. The topological polar surface area (TPSA) is 166 Å². The van der Waals surface area contributed by atoms with Crippen molar-refractivity contribution in [1.82, 2.24) is 21.3 Å². The molecule has 7 N–H and O–H groups in total. The van der Waals surface area contributed by atoms with Crippen molar-refractivity contribution in [2.24, 2.45) is 5.73 Å². The molecule has 1 aliphatic heterocycles. The lowest BCUT2D eigenvalue weighted by Gasteiger charge is -2.22. The zero-order valence-electron chi connectivity index (χ0n) is 18.1. The predicted molar refractivity (Wildman–Crippen MR) is 120 cm³/mol. The molecule has 0 radical (unpaired) electrons. The van der Waals surface area contributed by atoms with Crippen LogP contribution >= 0.6 is 0 Å². The third-order valence-electron chi connectivity index (χ3n) is 5.14. The van der Waals surface area contributed by atoms with Gasteiger partial charge < -0.3 is 27.0 Å². The molecule has 1 aromatic rings. The Kier molecular flexibility index (Phi) is 10.2. The van der Waals surface area contributed by atoms with E-state index in [2.05, 4.69) is 21.3 Å². The van der Waals surface area contributed by atoms with Crippen LogP contribution < -0.4 is 27.0 Å². The van der Waals surface area contributed by atoms with Crippen LogP contribution in [0.2, 0.25) is 0 Å². The molecule has 10 nitrogen and oxygen atoms in total. The maximum Gasteiger partial charge on any atom is 0.290 e. The summed E-state index contributed by atoms with van der Waals surface area (Å²) in [5, 5.41) is 17.8. The molecule has 174 valence electrons. The molecule has 1 saturated heterocycles. The summed E-state index contributed by atoms with van der Waals surface area (Å²) in [7, 11) is 0. The van der Waals surface area contributed by atoms with Gasteiger partial charge in [0, 0.05) is 25.9 Å². The Bertz CT molecular complexity index is 814. The van der Waals surface area contributed by atoms with E-state index in [4.69, 9.17) is 11.1 Å². The summed E-state index contributed by atoms with van der Waals surface area (Å²) >= 11 is 0. The summed E-state index contributed by atoms with van der Waals surface area (Å²) in [6, 6.07) is 7.29. The van der Waals surface area contributed by atoms with Crippen LogP contribution in [0.3, 0.4) is 0 Å². The Labute approximate surface area is 187 Å². The average Bonchev–Trinajstić information content (AvgIpc) is 2.77. The lowest BCUT2D eigenvalue weighted by Crippen LogP contribution is -2.54. The van der Waals surface area contributed by atoms with Crippen LogP contribution in [-0.2, 0) is 25.6 Å². The van der Waals surface area contributed by atoms with Crippen molar-refractivity contribution in [3.8, 4) is 0 Å². The molecular weight excluding hydrogens is 412 g/mol. The fourth-order valence-electron chi connectivity index (χ4n) is 3.43. The number of rotatable bonds is 6. The highest BCUT2D eigenvalue weighted by Crippen LogP contribution is 2.07. The van der Waals surface area contributed by atoms with Crippen molar-refractivity contribution >= 4 is 29.5 Å². The second-order valence-corrected chi connectivity index (χ2v) is 7.78. The molecule has 1 fully saturated rings. The highest BCUT2D eigenvalue weighted by Gasteiger charge is 2.30. The van der Waals surface area contributed by atoms with Gasteiger partial charge in [-0.05, 0) is 31.2 Å². The quantitative estimate of drug-likeness (QED) is 0.153. The number of amides is 3. The Morgan fingerprint density at radius 2 is 1.78 bits per heavy atom. The highest BCUT2D eigenvalue weighted by molar-refractivity contribution is 6.38. The lowest BCUT2D eigenvalue weighted by molar-refractivity contribution is -0.141. The van der Waals surface area contributed by atoms with Crippen LogP contribution in [0.25, 0.3) is 0 Å². The number of nitrogens with one attached hydrogen (secondary N) is 5. The number of hydrogen-bond acceptors (Lipinski definition) is 5. The average molecular weight is 445 g/mol. The third kappa shape index (κ3) is 8.75. The third-order valence-corrected chi connectivity index (χ3v) is 5.14. The molecule has 0 bridgehead atoms. The zero-order chi connectivity index (χ0) is 23.3. The number of benzene rings is 1. The summed E-state index contributed by atoms with van der Waals surface area (Å²) < 4.78 is 0. The van der Waals surface area contributed by atoms with Gasteiger partial charge in [-0.2, -0.15) is 0 Å². The first kappa shape index (κ1) is 24.8. The SMILES string of the molecule is N=C(N)NCCCC1NC(=O)CCCCCNC(=O)C(Cc2ccccc2)NC(=O)C1=O. The number of Topliss-reactive ketones (excluding diaryl/α,β-unsaturated/α-hetero) is 1. The minimum Gasteiger partial charge on any atom is -0.370 e. The molecule has 1 aromatic carbocycles. The van der Waals surface area contributed by atoms with Crippen LogP contribution in [0.4, 0.5) is 0 Å².